The van der Waals surface area contributed by atoms with E-state index in [1.807, 2.05) is 60.7 Å². The van der Waals surface area contributed by atoms with Crippen LogP contribution in [0.5, 0.6) is 0 Å². The average Bonchev–Trinajstić information content (AvgIpc) is 3.25. The summed E-state index contributed by atoms with van der Waals surface area (Å²) in [5.74, 6) is 0.000890. The van der Waals surface area contributed by atoms with E-state index in [2.05, 4.69) is 34.5 Å². The van der Waals surface area contributed by atoms with E-state index >= 15 is 0 Å². The second-order valence-corrected chi connectivity index (χ2v) is 6.45. The zero-order valence-electron chi connectivity index (χ0n) is 15.0. The molecule has 1 heterocycles. The van der Waals surface area contributed by atoms with Gasteiger partial charge >= 0.3 is 0 Å². The fourth-order valence-electron chi connectivity index (χ4n) is 3.64. The van der Waals surface area contributed by atoms with Gasteiger partial charge in [0.15, 0.2) is 11.3 Å². The minimum Gasteiger partial charge on any atom is -0.298 e. The van der Waals surface area contributed by atoms with Crippen molar-refractivity contribution >= 4 is 5.78 Å². The van der Waals surface area contributed by atoms with Gasteiger partial charge in [-0.3, -0.25) is 9.36 Å². The third kappa shape index (κ3) is 2.85. The summed E-state index contributed by atoms with van der Waals surface area (Å²) in [7, 11) is 0. The molecule has 0 radical (unpaired) electrons. The van der Waals surface area contributed by atoms with Crippen LogP contribution in [0.1, 0.15) is 18.1 Å². The average molecular weight is 353 g/mol. The number of rotatable bonds is 5. The first-order valence-corrected chi connectivity index (χ1v) is 8.80. The molecule has 4 nitrogen and oxygen atoms in total. The van der Waals surface area contributed by atoms with Crippen molar-refractivity contribution in [1.29, 1.82) is 0 Å². The molecule has 0 aliphatic heterocycles. The summed E-state index contributed by atoms with van der Waals surface area (Å²) < 4.78 is 1.78. The Morgan fingerprint density at radius 1 is 0.704 bits per heavy atom. The maximum Gasteiger partial charge on any atom is 0.164 e. The Morgan fingerprint density at radius 2 is 1.19 bits per heavy atom. The molecule has 0 spiro atoms. The second kappa shape index (κ2) is 7.00. The van der Waals surface area contributed by atoms with Gasteiger partial charge in [0.05, 0.1) is 0 Å². The van der Waals surface area contributed by atoms with Crippen molar-refractivity contribution in [1.82, 2.24) is 14.8 Å². The molecule has 27 heavy (non-hydrogen) atoms. The molecule has 4 aromatic rings. The molecular formula is C23H19N3O. The van der Waals surface area contributed by atoms with E-state index in [1.54, 1.807) is 24.1 Å². The van der Waals surface area contributed by atoms with Crippen LogP contribution >= 0.6 is 0 Å². The molecule has 1 aromatic heterocycles. The molecule has 4 heteroatoms. The number of carbonyl (C=O) groups is 1. The Balaban J connectivity index is 1.91. The molecule has 4 rings (SSSR count). The van der Waals surface area contributed by atoms with E-state index in [4.69, 9.17) is 0 Å². The van der Waals surface area contributed by atoms with Gasteiger partial charge in [-0.05, 0) is 29.2 Å². The molecule has 0 aliphatic carbocycles. The van der Waals surface area contributed by atoms with Crippen LogP contribution in [0, 0.1) is 0 Å². The van der Waals surface area contributed by atoms with Gasteiger partial charge in [-0.2, -0.15) is 0 Å². The molecule has 1 unspecified atom stereocenters. The number of ketones is 1. The van der Waals surface area contributed by atoms with Crippen molar-refractivity contribution in [3.63, 3.8) is 0 Å². The zero-order chi connectivity index (χ0) is 18.7. The van der Waals surface area contributed by atoms with Crippen LogP contribution < -0.4 is 0 Å². The molecule has 0 saturated carbocycles. The molecule has 3 aromatic carbocycles. The lowest BCUT2D eigenvalue weighted by molar-refractivity contribution is -0.122. The summed E-state index contributed by atoms with van der Waals surface area (Å²) in [6, 6.07) is 28.1. The van der Waals surface area contributed by atoms with Crippen LogP contribution in [0.4, 0.5) is 0 Å². The van der Waals surface area contributed by atoms with Crippen molar-refractivity contribution < 1.29 is 4.79 Å². The molecule has 0 amide bonds. The van der Waals surface area contributed by atoms with Crippen molar-refractivity contribution in [3.8, 4) is 11.1 Å². The number of hydrogen-bond acceptors (Lipinski definition) is 3. The Hall–Kier alpha value is -3.53. The lowest BCUT2D eigenvalue weighted by Gasteiger charge is -2.33. The number of benzene rings is 3. The molecular weight excluding hydrogens is 334 g/mol. The quantitative estimate of drug-likeness (QED) is 0.537. The highest BCUT2D eigenvalue weighted by molar-refractivity contribution is 5.92. The first-order chi connectivity index (χ1) is 13.2. The van der Waals surface area contributed by atoms with Crippen LogP contribution in [0.25, 0.3) is 11.1 Å². The summed E-state index contributed by atoms with van der Waals surface area (Å²) in [5.41, 5.74) is 3.00. The van der Waals surface area contributed by atoms with E-state index in [9.17, 15) is 4.79 Å². The van der Waals surface area contributed by atoms with Crippen LogP contribution in [0.2, 0.25) is 0 Å². The Kier molecular flexibility index (Phi) is 4.38. The molecule has 0 bridgehead atoms. The minimum atomic E-state index is -1.00. The Morgan fingerprint density at radius 3 is 1.74 bits per heavy atom. The number of nitrogens with zero attached hydrogens (tertiary/aromatic N) is 3. The van der Waals surface area contributed by atoms with E-state index in [0.29, 0.717) is 0 Å². The summed E-state index contributed by atoms with van der Waals surface area (Å²) in [5, 5.41) is 7.89. The smallest absolute Gasteiger partial charge is 0.164 e. The van der Waals surface area contributed by atoms with Gasteiger partial charge in [-0.15, -0.1) is 10.2 Å². The van der Waals surface area contributed by atoms with Gasteiger partial charge in [0.1, 0.15) is 12.7 Å². The fourth-order valence-corrected chi connectivity index (χ4v) is 3.64. The predicted octanol–water partition coefficient (Wildman–Crippen LogP) is 4.33. The fraction of sp³-hybridized carbons (Fsp3) is 0.0870. The topological polar surface area (TPSA) is 47.8 Å². The molecule has 0 saturated heterocycles. The third-order valence-electron chi connectivity index (χ3n) is 4.92. The van der Waals surface area contributed by atoms with Crippen molar-refractivity contribution in [3.05, 3.63) is 109 Å². The van der Waals surface area contributed by atoms with Crippen molar-refractivity contribution in [2.45, 2.75) is 12.5 Å². The summed E-state index contributed by atoms with van der Waals surface area (Å²) >= 11 is 0. The lowest BCUT2D eigenvalue weighted by Crippen LogP contribution is -2.42. The molecule has 0 fully saturated rings. The van der Waals surface area contributed by atoms with Gasteiger partial charge in [-0.1, -0.05) is 84.9 Å². The van der Waals surface area contributed by atoms with Crippen LogP contribution in [-0.4, -0.2) is 20.5 Å². The highest BCUT2D eigenvalue weighted by Crippen LogP contribution is 2.36. The largest absolute Gasteiger partial charge is 0.298 e. The summed E-state index contributed by atoms with van der Waals surface area (Å²) in [6.45, 7) is 1.61. The molecule has 132 valence electrons. The Labute approximate surface area is 158 Å². The molecule has 0 N–H and O–H groups in total. The zero-order valence-corrected chi connectivity index (χ0v) is 15.0. The van der Waals surface area contributed by atoms with E-state index in [1.165, 1.54) is 0 Å². The van der Waals surface area contributed by atoms with Crippen molar-refractivity contribution in [2.24, 2.45) is 0 Å². The second-order valence-electron chi connectivity index (χ2n) is 6.45. The number of carbonyl (C=O) groups excluding carboxylic acids is 1. The first kappa shape index (κ1) is 16.9. The number of aromatic nitrogens is 3. The standard InChI is InChI=1S/C23H19N3O/c1-18(27)23(26-16-24-25-17-26,21-10-6-3-7-11-21)22-14-12-20(13-15-22)19-8-4-2-5-9-19/h2-17H,1H3. The van der Waals surface area contributed by atoms with Gasteiger partial charge in [0.25, 0.3) is 0 Å². The van der Waals surface area contributed by atoms with Crippen molar-refractivity contribution in [2.75, 3.05) is 0 Å². The van der Waals surface area contributed by atoms with Crippen LogP contribution in [-0.2, 0) is 10.3 Å². The lowest BCUT2D eigenvalue weighted by atomic mass is 9.79. The highest BCUT2D eigenvalue weighted by Gasteiger charge is 2.41. The van der Waals surface area contributed by atoms with Gasteiger partial charge in [-0.25, -0.2) is 0 Å². The van der Waals surface area contributed by atoms with E-state index < -0.39 is 5.54 Å². The molecule has 1 atom stereocenters. The van der Waals surface area contributed by atoms with Crippen LogP contribution in [0.15, 0.2) is 97.6 Å². The SMILES string of the molecule is CC(=O)C(c1ccccc1)(c1ccc(-c2ccccc2)cc1)n1cnnc1. The Bertz CT molecular complexity index is 1030. The number of hydrogen-bond donors (Lipinski definition) is 0. The van der Waals surface area contributed by atoms with Gasteiger partial charge in [0, 0.05) is 0 Å². The van der Waals surface area contributed by atoms with Crippen LogP contribution in [0.3, 0.4) is 0 Å². The monoisotopic (exact) mass is 353 g/mol. The summed E-state index contributed by atoms with van der Waals surface area (Å²) in [6.07, 6.45) is 3.19. The maximum atomic E-state index is 13.0. The first-order valence-electron chi connectivity index (χ1n) is 8.80. The molecule has 0 aliphatic rings. The highest BCUT2D eigenvalue weighted by atomic mass is 16.1. The number of Topliss-reactive ketones (excluding diaryl/α,β-unsaturated/α-hetero) is 1. The maximum absolute atomic E-state index is 13.0. The van der Waals surface area contributed by atoms with E-state index in [0.717, 1.165) is 22.3 Å². The van der Waals surface area contributed by atoms with E-state index in [-0.39, 0.29) is 5.78 Å². The third-order valence-corrected chi connectivity index (χ3v) is 4.92. The summed E-state index contributed by atoms with van der Waals surface area (Å²) in [4.78, 5) is 13.0. The minimum absolute atomic E-state index is 0.000890. The predicted molar refractivity (Wildman–Crippen MR) is 105 cm³/mol. The normalized spacial score (nSPS) is 13.1. The van der Waals surface area contributed by atoms with Gasteiger partial charge < -0.3 is 0 Å². The van der Waals surface area contributed by atoms with Gasteiger partial charge in [0.2, 0.25) is 0 Å².